The molecule has 1 aliphatic heterocycles. The summed E-state index contributed by atoms with van der Waals surface area (Å²) in [6, 6.07) is 14.4. The second-order valence-electron chi connectivity index (χ2n) is 5.79. The van der Waals surface area contributed by atoms with Crippen LogP contribution in [0.2, 0.25) is 0 Å². The number of hydrogen-bond acceptors (Lipinski definition) is 1. The molecule has 2 aromatic carbocycles. The van der Waals surface area contributed by atoms with E-state index >= 15 is 0 Å². The van der Waals surface area contributed by atoms with Gasteiger partial charge >= 0.3 is 0 Å². The molecule has 1 unspecified atom stereocenters. The van der Waals surface area contributed by atoms with Crippen LogP contribution >= 0.6 is 11.6 Å². The van der Waals surface area contributed by atoms with Crippen molar-refractivity contribution in [2.24, 2.45) is 5.92 Å². The summed E-state index contributed by atoms with van der Waals surface area (Å²) in [5.41, 5.74) is 1.12. The highest BCUT2D eigenvalue weighted by Crippen LogP contribution is 2.23. The second-order valence-corrected chi connectivity index (χ2v) is 6.17. The first-order valence-electron chi connectivity index (χ1n) is 7.58. The normalized spacial score (nSPS) is 18.3. The SMILES string of the molecule is O=C(Cc1cccc2ccccc12)N1CCC(CCCl)C1. The number of nitrogens with zero attached hydrogens (tertiary/aromatic N) is 1. The molecular formula is C18H20ClNO. The Bertz CT molecular complexity index is 635. The van der Waals surface area contributed by atoms with Gasteiger partial charge in [0.15, 0.2) is 0 Å². The van der Waals surface area contributed by atoms with Gasteiger partial charge in [0.2, 0.25) is 5.91 Å². The average molecular weight is 302 g/mol. The summed E-state index contributed by atoms with van der Waals surface area (Å²) < 4.78 is 0. The zero-order chi connectivity index (χ0) is 14.7. The molecule has 0 N–H and O–H groups in total. The van der Waals surface area contributed by atoms with Crippen molar-refractivity contribution in [2.75, 3.05) is 19.0 Å². The molecule has 0 bridgehead atoms. The lowest BCUT2D eigenvalue weighted by Crippen LogP contribution is -2.30. The molecule has 21 heavy (non-hydrogen) atoms. The molecule has 3 heteroatoms. The fraction of sp³-hybridized carbons (Fsp3) is 0.389. The first-order chi connectivity index (χ1) is 10.3. The molecule has 110 valence electrons. The monoisotopic (exact) mass is 301 g/mol. The highest BCUT2D eigenvalue weighted by atomic mass is 35.5. The lowest BCUT2D eigenvalue weighted by molar-refractivity contribution is -0.129. The number of hydrogen-bond donors (Lipinski definition) is 0. The molecule has 0 radical (unpaired) electrons. The minimum atomic E-state index is 0.239. The quantitative estimate of drug-likeness (QED) is 0.785. The van der Waals surface area contributed by atoms with Gasteiger partial charge in [-0.3, -0.25) is 4.79 Å². The van der Waals surface area contributed by atoms with Crippen LogP contribution in [0.1, 0.15) is 18.4 Å². The molecule has 1 amide bonds. The van der Waals surface area contributed by atoms with Crippen molar-refractivity contribution in [3.63, 3.8) is 0 Å². The maximum absolute atomic E-state index is 12.5. The maximum Gasteiger partial charge on any atom is 0.227 e. The van der Waals surface area contributed by atoms with Gasteiger partial charge in [-0.25, -0.2) is 0 Å². The van der Waals surface area contributed by atoms with Gasteiger partial charge in [-0.1, -0.05) is 42.5 Å². The predicted octanol–water partition coefficient (Wildman–Crippen LogP) is 3.86. The summed E-state index contributed by atoms with van der Waals surface area (Å²) in [4.78, 5) is 14.5. The van der Waals surface area contributed by atoms with E-state index in [0.717, 1.165) is 31.5 Å². The molecule has 3 rings (SSSR count). The van der Waals surface area contributed by atoms with E-state index < -0.39 is 0 Å². The lowest BCUT2D eigenvalue weighted by Gasteiger charge is -2.17. The third kappa shape index (κ3) is 3.21. The van der Waals surface area contributed by atoms with Crippen molar-refractivity contribution >= 4 is 28.3 Å². The molecule has 0 spiro atoms. The third-order valence-electron chi connectivity index (χ3n) is 4.38. The highest BCUT2D eigenvalue weighted by Gasteiger charge is 2.25. The van der Waals surface area contributed by atoms with Crippen molar-refractivity contribution in [1.29, 1.82) is 0 Å². The number of halogens is 1. The van der Waals surface area contributed by atoms with Gasteiger partial charge in [-0.2, -0.15) is 0 Å². The molecule has 1 fully saturated rings. The van der Waals surface area contributed by atoms with Gasteiger partial charge in [-0.05, 0) is 35.1 Å². The lowest BCUT2D eigenvalue weighted by atomic mass is 10.0. The van der Waals surface area contributed by atoms with Crippen LogP contribution < -0.4 is 0 Å². The Morgan fingerprint density at radius 2 is 2.00 bits per heavy atom. The smallest absolute Gasteiger partial charge is 0.227 e. The van der Waals surface area contributed by atoms with Crippen molar-refractivity contribution < 1.29 is 4.79 Å². The van der Waals surface area contributed by atoms with Crippen LogP contribution in [-0.4, -0.2) is 29.8 Å². The first kappa shape index (κ1) is 14.4. The fourth-order valence-corrected chi connectivity index (χ4v) is 3.48. The standard InChI is InChI=1S/C18H20ClNO/c19-10-8-14-9-11-20(13-14)18(21)12-16-6-3-5-15-4-1-2-7-17(15)16/h1-7,14H,8-13H2. The Morgan fingerprint density at radius 1 is 1.19 bits per heavy atom. The molecule has 2 nitrogen and oxygen atoms in total. The van der Waals surface area contributed by atoms with E-state index in [-0.39, 0.29) is 5.91 Å². The summed E-state index contributed by atoms with van der Waals surface area (Å²) in [5.74, 6) is 1.51. The Hall–Kier alpha value is -1.54. The van der Waals surface area contributed by atoms with Gasteiger partial charge < -0.3 is 4.90 Å². The van der Waals surface area contributed by atoms with Crippen LogP contribution in [0.3, 0.4) is 0 Å². The van der Waals surface area contributed by atoms with E-state index in [0.29, 0.717) is 18.2 Å². The summed E-state index contributed by atoms with van der Waals surface area (Å²) >= 11 is 5.80. The second kappa shape index (κ2) is 6.48. The Balaban J connectivity index is 1.72. The van der Waals surface area contributed by atoms with E-state index in [1.165, 1.54) is 10.8 Å². The summed E-state index contributed by atoms with van der Waals surface area (Å²) in [6.07, 6.45) is 2.60. The topological polar surface area (TPSA) is 20.3 Å². The zero-order valence-corrected chi connectivity index (χ0v) is 12.9. The summed E-state index contributed by atoms with van der Waals surface area (Å²) in [5, 5.41) is 2.38. The fourth-order valence-electron chi connectivity index (χ4n) is 3.17. The molecule has 1 aliphatic rings. The van der Waals surface area contributed by atoms with Crippen molar-refractivity contribution in [3.05, 3.63) is 48.0 Å². The number of benzene rings is 2. The van der Waals surface area contributed by atoms with E-state index in [9.17, 15) is 4.79 Å². The molecular weight excluding hydrogens is 282 g/mol. The van der Waals surface area contributed by atoms with E-state index in [1.54, 1.807) is 0 Å². The van der Waals surface area contributed by atoms with Crippen LogP contribution in [0.25, 0.3) is 10.8 Å². The molecule has 1 heterocycles. The zero-order valence-electron chi connectivity index (χ0n) is 12.1. The van der Waals surface area contributed by atoms with Gasteiger partial charge in [0.25, 0.3) is 0 Å². The Kier molecular flexibility index (Phi) is 4.45. The molecule has 0 saturated carbocycles. The van der Waals surface area contributed by atoms with Gasteiger partial charge in [0.05, 0.1) is 6.42 Å². The minimum Gasteiger partial charge on any atom is -0.342 e. The van der Waals surface area contributed by atoms with Gasteiger partial charge in [0.1, 0.15) is 0 Å². The largest absolute Gasteiger partial charge is 0.342 e. The number of alkyl halides is 1. The number of likely N-dealkylation sites (tertiary alicyclic amines) is 1. The highest BCUT2D eigenvalue weighted by molar-refractivity contribution is 6.17. The number of rotatable bonds is 4. The summed E-state index contributed by atoms with van der Waals surface area (Å²) in [6.45, 7) is 1.75. The van der Waals surface area contributed by atoms with Crippen LogP contribution in [0, 0.1) is 5.92 Å². The van der Waals surface area contributed by atoms with Crippen LogP contribution in [0.15, 0.2) is 42.5 Å². The van der Waals surface area contributed by atoms with Crippen molar-refractivity contribution in [1.82, 2.24) is 4.90 Å². The predicted molar refractivity (Wildman–Crippen MR) is 87.7 cm³/mol. The summed E-state index contributed by atoms with van der Waals surface area (Å²) in [7, 11) is 0. The molecule has 1 atom stereocenters. The van der Waals surface area contributed by atoms with Crippen molar-refractivity contribution in [3.8, 4) is 0 Å². The molecule has 2 aromatic rings. The molecule has 0 aromatic heterocycles. The number of carbonyl (C=O) groups excluding carboxylic acids is 1. The maximum atomic E-state index is 12.5. The first-order valence-corrected chi connectivity index (χ1v) is 8.12. The van der Waals surface area contributed by atoms with Gasteiger partial charge in [-0.15, -0.1) is 11.6 Å². The van der Waals surface area contributed by atoms with Crippen molar-refractivity contribution in [2.45, 2.75) is 19.3 Å². The number of carbonyl (C=O) groups is 1. The minimum absolute atomic E-state index is 0.239. The molecule has 1 saturated heterocycles. The van der Waals surface area contributed by atoms with Crippen LogP contribution in [0.4, 0.5) is 0 Å². The van der Waals surface area contributed by atoms with E-state index in [2.05, 4.69) is 24.3 Å². The average Bonchev–Trinajstić information content (AvgIpc) is 2.97. The van der Waals surface area contributed by atoms with E-state index in [4.69, 9.17) is 11.6 Å². The Morgan fingerprint density at radius 3 is 2.86 bits per heavy atom. The van der Waals surface area contributed by atoms with Crippen LogP contribution in [0.5, 0.6) is 0 Å². The molecule has 0 aliphatic carbocycles. The van der Waals surface area contributed by atoms with E-state index in [1.807, 2.05) is 23.1 Å². The third-order valence-corrected chi connectivity index (χ3v) is 4.60. The van der Waals surface area contributed by atoms with Gasteiger partial charge in [0, 0.05) is 19.0 Å². The number of fused-ring (bicyclic) bond motifs is 1. The Labute approximate surface area is 130 Å². The number of amides is 1. The van der Waals surface area contributed by atoms with Crippen LogP contribution in [-0.2, 0) is 11.2 Å².